The van der Waals surface area contributed by atoms with Crippen LogP contribution >= 0.6 is 12.2 Å². The molecule has 1 aliphatic rings. The van der Waals surface area contributed by atoms with Gasteiger partial charge in [-0.25, -0.2) is 0 Å². The molecule has 0 radical (unpaired) electrons. The molecule has 0 saturated heterocycles. The number of hydrogen-bond acceptors (Lipinski definition) is 1. The molecule has 0 amide bonds. The molecule has 0 atom stereocenters. The second kappa shape index (κ2) is 6.53. The first-order valence-electron chi connectivity index (χ1n) is 5.82. The van der Waals surface area contributed by atoms with Crippen molar-refractivity contribution in [2.75, 3.05) is 0 Å². The molecule has 76 valence electrons. The van der Waals surface area contributed by atoms with Crippen LogP contribution in [0.5, 0.6) is 0 Å². The molecule has 0 nitrogen and oxygen atoms in total. The Labute approximate surface area is 88.1 Å². The Kier molecular flexibility index (Phi) is 5.61. The van der Waals surface area contributed by atoms with Crippen LogP contribution in [0, 0.1) is 11.8 Å². The number of rotatable bonds is 5. The Morgan fingerprint density at radius 1 is 1.15 bits per heavy atom. The quantitative estimate of drug-likeness (QED) is 0.467. The summed E-state index contributed by atoms with van der Waals surface area (Å²) in [4.78, 5) is 0. The molecular weight excluding hydrogens is 176 g/mol. The molecule has 1 rings (SSSR count). The van der Waals surface area contributed by atoms with Crippen LogP contribution in [0.25, 0.3) is 0 Å². The zero-order valence-corrected chi connectivity index (χ0v) is 9.61. The summed E-state index contributed by atoms with van der Waals surface area (Å²) < 4.78 is 0. The Morgan fingerprint density at radius 2 is 1.85 bits per heavy atom. The van der Waals surface area contributed by atoms with Crippen LogP contribution in [0.15, 0.2) is 0 Å². The van der Waals surface area contributed by atoms with E-state index in [2.05, 4.69) is 6.92 Å². The summed E-state index contributed by atoms with van der Waals surface area (Å²) in [5, 5.41) is 1.99. The number of hydrogen-bond donors (Lipinski definition) is 0. The maximum Gasteiger partial charge on any atom is -0.0128 e. The molecule has 0 aromatic heterocycles. The van der Waals surface area contributed by atoms with E-state index in [-0.39, 0.29) is 0 Å². The minimum atomic E-state index is 0.762. The van der Waals surface area contributed by atoms with Gasteiger partial charge in [-0.3, -0.25) is 0 Å². The average Bonchev–Trinajstić information content (AvgIpc) is 2.19. The number of thiocarbonyl (C=S) groups is 1. The first-order valence-corrected chi connectivity index (χ1v) is 6.29. The zero-order chi connectivity index (χ0) is 9.52. The van der Waals surface area contributed by atoms with Gasteiger partial charge in [0, 0.05) is 0 Å². The maximum absolute atomic E-state index is 4.99. The van der Waals surface area contributed by atoms with Crippen LogP contribution in [0.3, 0.4) is 0 Å². The van der Waals surface area contributed by atoms with Crippen molar-refractivity contribution in [2.45, 2.75) is 58.3 Å². The Bertz CT molecular complexity index is 134. The van der Waals surface area contributed by atoms with E-state index in [1.54, 1.807) is 0 Å². The number of unbranched alkanes of at least 4 members (excludes halogenated alkanes) is 2. The van der Waals surface area contributed by atoms with Crippen molar-refractivity contribution in [2.24, 2.45) is 11.8 Å². The summed E-state index contributed by atoms with van der Waals surface area (Å²) >= 11 is 4.99. The third-order valence-corrected chi connectivity index (χ3v) is 3.68. The zero-order valence-electron chi connectivity index (χ0n) is 8.80. The smallest absolute Gasteiger partial charge is 0.0128 e. The van der Waals surface area contributed by atoms with E-state index in [4.69, 9.17) is 12.2 Å². The second-order valence-electron chi connectivity index (χ2n) is 4.41. The van der Waals surface area contributed by atoms with Crippen molar-refractivity contribution in [1.82, 2.24) is 0 Å². The van der Waals surface area contributed by atoms with Crippen LogP contribution in [-0.2, 0) is 0 Å². The van der Waals surface area contributed by atoms with Crippen molar-refractivity contribution in [1.29, 1.82) is 0 Å². The van der Waals surface area contributed by atoms with Crippen molar-refractivity contribution < 1.29 is 0 Å². The fourth-order valence-corrected chi connectivity index (χ4v) is 2.57. The molecule has 0 aliphatic heterocycles. The van der Waals surface area contributed by atoms with E-state index in [1.807, 2.05) is 5.37 Å². The second-order valence-corrected chi connectivity index (χ2v) is 4.68. The Morgan fingerprint density at radius 3 is 2.38 bits per heavy atom. The Hall–Kier alpha value is 0.0900. The van der Waals surface area contributed by atoms with E-state index in [0.717, 1.165) is 11.8 Å². The van der Waals surface area contributed by atoms with E-state index in [9.17, 15) is 0 Å². The van der Waals surface area contributed by atoms with Gasteiger partial charge in [-0.15, -0.1) is 0 Å². The minimum absolute atomic E-state index is 0.762. The molecule has 0 aromatic rings. The van der Waals surface area contributed by atoms with Crippen LogP contribution in [0.4, 0.5) is 0 Å². The van der Waals surface area contributed by atoms with Gasteiger partial charge in [-0.1, -0.05) is 44.8 Å². The van der Waals surface area contributed by atoms with Gasteiger partial charge in [-0.2, -0.15) is 0 Å². The summed E-state index contributed by atoms with van der Waals surface area (Å²) in [6.45, 7) is 2.28. The lowest BCUT2D eigenvalue weighted by Gasteiger charge is -2.25. The van der Waals surface area contributed by atoms with Crippen molar-refractivity contribution >= 4 is 17.6 Å². The van der Waals surface area contributed by atoms with Gasteiger partial charge < -0.3 is 0 Å². The van der Waals surface area contributed by atoms with Gasteiger partial charge in [0.1, 0.15) is 0 Å². The van der Waals surface area contributed by atoms with E-state index >= 15 is 0 Å². The highest BCUT2D eigenvalue weighted by molar-refractivity contribution is 7.79. The molecule has 1 saturated carbocycles. The topological polar surface area (TPSA) is 0 Å². The molecule has 1 fully saturated rings. The van der Waals surface area contributed by atoms with Gasteiger partial charge in [-0.05, 0) is 42.9 Å². The SMILES string of the molecule is CCCCCC1CCC(C=S)CC1. The van der Waals surface area contributed by atoms with Gasteiger partial charge >= 0.3 is 0 Å². The molecular formula is C12H22S. The summed E-state index contributed by atoms with van der Waals surface area (Å²) in [5.74, 6) is 1.79. The average molecular weight is 198 g/mol. The summed E-state index contributed by atoms with van der Waals surface area (Å²) in [5.41, 5.74) is 0. The predicted octanol–water partition coefficient (Wildman–Crippen LogP) is 4.37. The summed E-state index contributed by atoms with van der Waals surface area (Å²) in [6, 6.07) is 0. The van der Waals surface area contributed by atoms with Crippen LogP contribution in [-0.4, -0.2) is 5.37 Å². The highest BCUT2D eigenvalue weighted by Gasteiger charge is 2.18. The lowest BCUT2D eigenvalue weighted by molar-refractivity contribution is 0.303. The van der Waals surface area contributed by atoms with E-state index in [0.29, 0.717) is 0 Å². The van der Waals surface area contributed by atoms with Crippen molar-refractivity contribution in [3.05, 3.63) is 0 Å². The molecule has 0 heterocycles. The van der Waals surface area contributed by atoms with E-state index < -0.39 is 0 Å². The van der Waals surface area contributed by atoms with Gasteiger partial charge in [0.15, 0.2) is 0 Å². The fraction of sp³-hybridized carbons (Fsp3) is 0.917. The first kappa shape index (κ1) is 11.2. The van der Waals surface area contributed by atoms with Crippen LogP contribution in [0.1, 0.15) is 58.3 Å². The first-order chi connectivity index (χ1) is 6.36. The normalized spacial score (nSPS) is 28.7. The molecule has 0 aromatic carbocycles. The molecule has 0 bridgehead atoms. The van der Waals surface area contributed by atoms with Gasteiger partial charge in [0.25, 0.3) is 0 Å². The minimum Gasteiger partial charge on any atom is -0.0932 e. The van der Waals surface area contributed by atoms with Crippen LogP contribution < -0.4 is 0 Å². The summed E-state index contributed by atoms with van der Waals surface area (Å²) in [6.07, 6.45) is 11.3. The third kappa shape index (κ3) is 4.21. The molecule has 0 unspecified atom stereocenters. The third-order valence-electron chi connectivity index (χ3n) is 3.30. The molecule has 13 heavy (non-hydrogen) atoms. The van der Waals surface area contributed by atoms with Crippen molar-refractivity contribution in [3.63, 3.8) is 0 Å². The fourth-order valence-electron chi connectivity index (χ4n) is 2.30. The molecule has 1 heteroatoms. The molecule has 0 spiro atoms. The van der Waals surface area contributed by atoms with Gasteiger partial charge in [0.2, 0.25) is 0 Å². The standard InChI is InChI=1S/C12H22S/c1-2-3-4-5-11-6-8-12(10-13)9-7-11/h10-12H,2-9H2,1H3. The predicted molar refractivity (Wildman–Crippen MR) is 63.2 cm³/mol. The molecule has 0 N–H and O–H groups in total. The maximum atomic E-state index is 4.99. The lowest BCUT2D eigenvalue weighted by atomic mass is 9.80. The highest BCUT2D eigenvalue weighted by atomic mass is 32.1. The summed E-state index contributed by atoms with van der Waals surface area (Å²) in [7, 11) is 0. The van der Waals surface area contributed by atoms with E-state index in [1.165, 1.54) is 51.4 Å². The monoisotopic (exact) mass is 198 g/mol. The van der Waals surface area contributed by atoms with Gasteiger partial charge in [0.05, 0.1) is 0 Å². The molecule has 1 aliphatic carbocycles. The largest absolute Gasteiger partial charge is 0.0932 e. The highest BCUT2D eigenvalue weighted by Crippen LogP contribution is 2.31. The van der Waals surface area contributed by atoms with Crippen molar-refractivity contribution in [3.8, 4) is 0 Å². The Balaban J connectivity index is 2.07. The lowest BCUT2D eigenvalue weighted by Crippen LogP contribution is -2.14. The van der Waals surface area contributed by atoms with Crippen LogP contribution in [0.2, 0.25) is 0 Å².